The highest BCUT2D eigenvalue weighted by Crippen LogP contribution is 2.65. The minimum absolute atomic E-state index is 0.0670. The van der Waals surface area contributed by atoms with Gasteiger partial charge in [-0.1, -0.05) is 32.1 Å². The Bertz CT molecular complexity index is 959. The van der Waals surface area contributed by atoms with Gasteiger partial charge < -0.3 is 10.2 Å². The molecule has 1 N–H and O–H groups in total. The summed E-state index contributed by atoms with van der Waals surface area (Å²) < 4.78 is 13.1. The summed E-state index contributed by atoms with van der Waals surface area (Å²) in [5.41, 5.74) is 1.21. The lowest BCUT2D eigenvalue weighted by Gasteiger charge is -2.60. The van der Waals surface area contributed by atoms with E-state index in [1.165, 1.54) is 37.8 Å². The SMILES string of the molecule is CN1C(=O)C=C[C@]2(C)C3CC[C@@]4(C)C(CC[C@@H]4CC(=O)NCc4ccc(F)cc4)C3CCC12. The first-order valence-electron chi connectivity index (χ1n) is 12.7. The van der Waals surface area contributed by atoms with Crippen molar-refractivity contribution in [3.63, 3.8) is 0 Å². The summed E-state index contributed by atoms with van der Waals surface area (Å²) in [6.45, 7) is 5.28. The zero-order valence-corrected chi connectivity index (χ0v) is 20.1. The predicted octanol–water partition coefficient (Wildman–Crippen LogP) is 5.09. The van der Waals surface area contributed by atoms with E-state index in [0.717, 1.165) is 18.4 Å². The van der Waals surface area contributed by atoms with Gasteiger partial charge in [0.15, 0.2) is 0 Å². The number of hydrogen-bond acceptors (Lipinski definition) is 2. The summed E-state index contributed by atoms with van der Waals surface area (Å²) in [5, 5.41) is 3.06. The van der Waals surface area contributed by atoms with E-state index in [2.05, 4.69) is 25.2 Å². The number of likely N-dealkylation sites (N-methyl/N-ethyl adjacent to an activating group) is 1. The van der Waals surface area contributed by atoms with Crippen LogP contribution in [0.25, 0.3) is 0 Å². The molecule has 0 spiro atoms. The molecule has 4 aliphatic rings. The van der Waals surface area contributed by atoms with Crippen LogP contribution in [0.1, 0.15) is 64.4 Å². The van der Waals surface area contributed by atoms with Crippen LogP contribution in [0, 0.1) is 40.3 Å². The van der Waals surface area contributed by atoms with Crippen LogP contribution in [0.4, 0.5) is 4.39 Å². The van der Waals surface area contributed by atoms with E-state index >= 15 is 0 Å². The second kappa shape index (κ2) is 8.25. The molecule has 4 nitrogen and oxygen atoms in total. The molecule has 4 unspecified atom stereocenters. The van der Waals surface area contributed by atoms with Crippen LogP contribution in [0.2, 0.25) is 0 Å². The molecule has 1 heterocycles. The molecule has 0 bridgehead atoms. The van der Waals surface area contributed by atoms with Crippen molar-refractivity contribution in [3.05, 3.63) is 47.8 Å². The second-order valence-electron chi connectivity index (χ2n) is 11.5. The van der Waals surface area contributed by atoms with Crippen molar-refractivity contribution in [1.82, 2.24) is 10.2 Å². The highest BCUT2D eigenvalue weighted by Gasteiger charge is 2.60. The summed E-state index contributed by atoms with van der Waals surface area (Å²) in [6.07, 6.45) is 11.6. The first-order chi connectivity index (χ1) is 15.7. The van der Waals surface area contributed by atoms with E-state index in [4.69, 9.17) is 0 Å². The molecule has 5 heteroatoms. The van der Waals surface area contributed by atoms with Crippen molar-refractivity contribution in [2.24, 2.45) is 34.5 Å². The third-order valence-corrected chi connectivity index (χ3v) is 10.2. The topological polar surface area (TPSA) is 49.4 Å². The predicted molar refractivity (Wildman–Crippen MR) is 126 cm³/mol. The number of fused-ring (bicyclic) bond motifs is 5. The number of nitrogens with one attached hydrogen (secondary N) is 1. The van der Waals surface area contributed by atoms with Crippen molar-refractivity contribution < 1.29 is 14.0 Å². The number of carbonyl (C=O) groups excluding carboxylic acids is 2. The Morgan fingerprint density at radius 1 is 1.09 bits per heavy atom. The zero-order chi connectivity index (χ0) is 23.4. The Morgan fingerprint density at radius 3 is 2.61 bits per heavy atom. The average molecular weight is 453 g/mol. The Kier molecular flexibility index (Phi) is 5.65. The fraction of sp³-hybridized carbons (Fsp3) is 0.643. The van der Waals surface area contributed by atoms with E-state index in [-0.39, 0.29) is 28.5 Å². The van der Waals surface area contributed by atoms with Gasteiger partial charge in [-0.25, -0.2) is 4.39 Å². The highest BCUT2D eigenvalue weighted by molar-refractivity contribution is 5.89. The number of nitrogens with zero attached hydrogens (tertiary/aromatic N) is 1. The molecule has 7 atom stereocenters. The van der Waals surface area contributed by atoms with Gasteiger partial charge in [-0.2, -0.15) is 0 Å². The summed E-state index contributed by atoms with van der Waals surface area (Å²) in [6, 6.07) is 6.64. The van der Waals surface area contributed by atoms with Gasteiger partial charge in [-0.05, 0) is 91.4 Å². The maximum Gasteiger partial charge on any atom is 0.246 e. The van der Waals surface area contributed by atoms with Crippen molar-refractivity contribution in [3.8, 4) is 0 Å². The molecular weight excluding hydrogens is 415 g/mol. The minimum Gasteiger partial charge on any atom is -0.352 e. The third-order valence-electron chi connectivity index (χ3n) is 10.2. The number of rotatable bonds is 4. The molecule has 3 fully saturated rings. The van der Waals surface area contributed by atoms with Crippen molar-refractivity contribution in [2.45, 2.75) is 71.4 Å². The Hall–Kier alpha value is -2.17. The number of benzene rings is 1. The molecular formula is C28H37FN2O2. The lowest BCUT2D eigenvalue weighted by molar-refractivity contribution is -0.139. The smallest absolute Gasteiger partial charge is 0.246 e. The van der Waals surface area contributed by atoms with Gasteiger partial charge >= 0.3 is 0 Å². The van der Waals surface area contributed by atoms with Crippen LogP contribution in [0.15, 0.2) is 36.4 Å². The summed E-state index contributed by atoms with van der Waals surface area (Å²) in [5.74, 6) is 2.39. The number of carbonyl (C=O) groups is 2. The van der Waals surface area contributed by atoms with Gasteiger partial charge in [0.25, 0.3) is 0 Å². The fourth-order valence-electron chi connectivity index (χ4n) is 8.28. The van der Waals surface area contributed by atoms with Crippen molar-refractivity contribution >= 4 is 11.8 Å². The molecule has 0 saturated heterocycles. The molecule has 178 valence electrons. The fourth-order valence-corrected chi connectivity index (χ4v) is 8.28. The van der Waals surface area contributed by atoms with E-state index < -0.39 is 0 Å². The quantitative estimate of drug-likeness (QED) is 0.692. The number of amides is 2. The average Bonchev–Trinajstić information content (AvgIpc) is 3.12. The summed E-state index contributed by atoms with van der Waals surface area (Å²) in [7, 11) is 1.97. The standard InChI is InChI=1S/C28H37FN2O2/c1-27-14-12-23-21(9-11-24-28(23,2)15-13-26(33)31(24)3)22(27)10-6-19(27)16-25(32)30-17-18-4-7-20(29)8-5-18/h4-5,7-8,13,15,19,21-24H,6,9-12,14,16-17H2,1-3H3,(H,30,32)/t19-,21?,22?,23?,24?,27-,28-/m1/s1. The second-order valence-corrected chi connectivity index (χ2v) is 11.5. The summed E-state index contributed by atoms with van der Waals surface area (Å²) in [4.78, 5) is 27.1. The van der Waals surface area contributed by atoms with Crippen LogP contribution in [-0.2, 0) is 16.1 Å². The molecule has 33 heavy (non-hydrogen) atoms. The lowest BCUT2D eigenvalue weighted by atomic mass is 9.47. The maximum absolute atomic E-state index is 13.1. The van der Waals surface area contributed by atoms with E-state index in [1.54, 1.807) is 18.2 Å². The normalized spacial score (nSPS) is 39.6. The van der Waals surface area contributed by atoms with Crippen molar-refractivity contribution in [2.75, 3.05) is 7.05 Å². The molecule has 2 amide bonds. The first-order valence-corrected chi connectivity index (χ1v) is 12.7. The van der Waals surface area contributed by atoms with Gasteiger partial charge in [0.1, 0.15) is 5.82 Å². The minimum atomic E-state index is -0.254. The monoisotopic (exact) mass is 452 g/mol. The van der Waals surface area contributed by atoms with Crippen LogP contribution in [0.5, 0.6) is 0 Å². The van der Waals surface area contributed by atoms with Gasteiger partial charge in [0, 0.05) is 31.5 Å². The van der Waals surface area contributed by atoms with Gasteiger partial charge in [-0.3, -0.25) is 9.59 Å². The molecule has 1 aliphatic heterocycles. The zero-order valence-electron chi connectivity index (χ0n) is 20.1. The number of hydrogen-bond donors (Lipinski definition) is 1. The Balaban J connectivity index is 1.26. The maximum atomic E-state index is 13.1. The van der Waals surface area contributed by atoms with Crippen LogP contribution in [-0.4, -0.2) is 29.8 Å². The largest absolute Gasteiger partial charge is 0.352 e. The molecule has 3 saturated carbocycles. The van der Waals surface area contributed by atoms with Gasteiger partial charge in [0.2, 0.25) is 11.8 Å². The highest BCUT2D eigenvalue weighted by atomic mass is 19.1. The van der Waals surface area contributed by atoms with Crippen LogP contribution >= 0.6 is 0 Å². The summed E-state index contributed by atoms with van der Waals surface area (Å²) >= 11 is 0. The van der Waals surface area contributed by atoms with E-state index in [0.29, 0.717) is 42.7 Å². The third kappa shape index (κ3) is 3.72. The van der Waals surface area contributed by atoms with Gasteiger partial charge in [0.05, 0.1) is 0 Å². The Morgan fingerprint density at radius 2 is 1.85 bits per heavy atom. The van der Waals surface area contributed by atoms with Crippen LogP contribution < -0.4 is 5.32 Å². The molecule has 3 aliphatic carbocycles. The van der Waals surface area contributed by atoms with E-state index in [1.807, 2.05) is 11.9 Å². The Labute approximate surface area is 197 Å². The molecule has 0 aromatic heterocycles. The molecule has 5 rings (SSSR count). The van der Waals surface area contributed by atoms with Crippen molar-refractivity contribution in [1.29, 1.82) is 0 Å². The van der Waals surface area contributed by atoms with Gasteiger partial charge in [-0.15, -0.1) is 0 Å². The molecule has 0 radical (unpaired) electrons. The van der Waals surface area contributed by atoms with E-state index in [9.17, 15) is 14.0 Å². The molecule has 1 aromatic carbocycles. The molecule has 1 aromatic rings. The first kappa shape index (κ1) is 22.6. The lowest BCUT2D eigenvalue weighted by Crippen LogP contribution is -2.59. The number of halogens is 1. The van der Waals surface area contributed by atoms with Crippen LogP contribution in [0.3, 0.4) is 0 Å².